The van der Waals surface area contributed by atoms with Crippen LogP contribution >= 0.6 is 0 Å². The molecule has 1 saturated carbocycles. The molecule has 3 aromatic rings. The smallest absolute Gasteiger partial charge is 0.340 e. The first kappa shape index (κ1) is 20.4. The van der Waals surface area contributed by atoms with Crippen LogP contribution in [-0.4, -0.2) is 28.3 Å². The molecule has 6 N–H and O–H groups in total. The van der Waals surface area contributed by atoms with E-state index >= 15 is 0 Å². The molecule has 1 heterocycles. The van der Waals surface area contributed by atoms with Crippen molar-refractivity contribution >= 4 is 17.6 Å². The van der Waals surface area contributed by atoms with Crippen LogP contribution in [0.3, 0.4) is 0 Å². The van der Waals surface area contributed by atoms with Gasteiger partial charge in [0.2, 0.25) is 0 Å². The van der Waals surface area contributed by atoms with E-state index in [0.717, 1.165) is 29.5 Å². The average molecular weight is 415 g/mol. The fraction of sp³-hybridized carbons (Fsp3) is 0.208. The van der Waals surface area contributed by atoms with Crippen LogP contribution < -0.4 is 11.5 Å². The van der Waals surface area contributed by atoms with Gasteiger partial charge in [-0.05, 0) is 42.0 Å². The van der Waals surface area contributed by atoms with E-state index in [1.54, 1.807) is 6.07 Å². The number of hydrogen-bond acceptors (Lipinski definition) is 4. The number of nitrogens with two attached hydrogens (primary N) is 2. The topological polar surface area (TPSA) is 131 Å². The molecule has 0 atom stereocenters. The van der Waals surface area contributed by atoms with Crippen molar-refractivity contribution in [3.8, 4) is 0 Å². The highest BCUT2D eigenvalue weighted by Gasteiger charge is 2.28. The maximum absolute atomic E-state index is 12.7. The third-order valence-corrected chi connectivity index (χ3v) is 5.24. The lowest BCUT2D eigenvalue weighted by Gasteiger charge is -2.06. The molecule has 0 aliphatic heterocycles. The molecule has 7 nitrogen and oxygen atoms in total. The molecule has 0 spiro atoms. The van der Waals surface area contributed by atoms with Crippen LogP contribution in [0.2, 0.25) is 0 Å². The summed E-state index contributed by atoms with van der Waals surface area (Å²) in [4.78, 5) is 12.7. The molecule has 0 radical (unpaired) electrons. The Morgan fingerprint density at radius 1 is 0.968 bits per heavy atom. The zero-order valence-electron chi connectivity index (χ0n) is 17.1. The summed E-state index contributed by atoms with van der Waals surface area (Å²) >= 11 is 0. The van der Waals surface area contributed by atoms with Crippen LogP contribution in [0.15, 0.2) is 60.9 Å². The maximum atomic E-state index is 12.7. The fourth-order valence-electron chi connectivity index (χ4n) is 3.44. The predicted molar refractivity (Wildman–Crippen MR) is 120 cm³/mol. The maximum Gasteiger partial charge on any atom is 0.340 e. The van der Waals surface area contributed by atoms with Gasteiger partial charge in [-0.3, -0.25) is 10.8 Å². The summed E-state index contributed by atoms with van der Waals surface area (Å²) in [5.74, 6) is -0.244. The molecule has 1 aliphatic rings. The minimum Gasteiger partial charge on any atom is -0.459 e. The van der Waals surface area contributed by atoms with Crippen LogP contribution in [0.4, 0.5) is 0 Å². The molecule has 4 rings (SSSR count). The van der Waals surface area contributed by atoms with Crippen LogP contribution in [-0.2, 0) is 17.7 Å². The fourth-order valence-corrected chi connectivity index (χ4v) is 3.44. The Morgan fingerprint density at radius 2 is 1.68 bits per heavy atom. The number of nitrogen functional groups attached to an aromatic ring is 2. The number of ether oxygens (including phenoxy) is 1. The molecule has 0 bridgehead atoms. The lowest BCUT2D eigenvalue weighted by atomic mass is 10.0. The van der Waals surface area contributed by atoms with Crippen molar-refractivity contribution < 1.29 is 9.53 Å². The van der Waals surface area contributed by atoms with Crippen molar-refractivity contribution in [2.75, 3.05) is 0 Å². The van der Waals surface area contributed by atoms with Crippen molar-refractivity contribution in [3.63, 3.8) is 0 Å². The molecule has 0 amide bonds. The van der Waals surface area contributed by atoms with Crippen LogP contribution in [0.25, 0.3) is 0 Å². The summed E-state index contributed by atoms with van der Waals surface area (Å²) in [6.07, 6.45) is 6.23. The molecule has 1 aromatic heterocycles. The Bertz CT molecular complexity index is 1140. The number of benzene rings is 2. The lowest BCUT2D eigenvalue weighted by Crippen LogP contribution is -2.11. The van der Waals surface area contributed by atoms with Gasteiger partial charge in [-0.1, -0.05) is 42.5 Å². The van der Waals surface area contributed by atoms with Gasteiger partial charge in [-0.15, -0.1) is 0 Å². The molecule has 158 valence electrons. The van der Waals surface area contributed by atoms with Crippen LogP contribution in [0, 0.1) is 10.8 Å². The van der Waals surface area contributed by atoms with Gasteiger partial charge in [0.25, 0.3) is 0 Å². The van der Waals surface area contributed by atoms with Crippen molar-refractivity contribution in [2.45, 2.75) is 31.9 Å². The lowest BCUT2D eigenvalue weighted by molar-refractivity contribution is 0.0471. The number of carbonyl (C=O) groups excluding carboxylic acids is 1. The van der Waals surface area contributed by atoms with Gasteiger partial charge >= 0.3 is 5.97 Å². The van der Waals surface area contributed by atoms with E-state index in [2.05, 4.69) is 0 Å². The zero-order valence-corrected chi connectivity index (χ0v) is 17.1. The molecule has 31 heavy (non-hydrogen) atoms. The number of rotatable bonds is 8. The molecule has 7 heteroatoms. The Morgan fingerprint density at radius 3 is 2.32 bits per heavy atom. The van der Waals surface area contributed by atoms with Crippen LogP contribution in [0.1, 0.15) is 51.0 Å². The van der Waals surface area contributed by atoms with E-state index in [1.165, 1.54) is 0 Å². The van der Waals surface area contributed by atoms with Gasteiger partial charge in [0, 0.05) is 30.1 Å². The van der Waals surface area contributed by atoms with Gasteiger partial charge in [-0.2, -0.15) is 0 Å². The van der Waals surface area contributed by atoms with Gasteiger partial charge in [0.05, 0.1) is 5.56 Å². The summed E-state index contributed by atoms with van der Waals surface area (Å²) in [6, 6.07) is 15.0. The summed E-state index contributed by atoms with van der Waals surface area (Å²) in [7, 11) is 0. The van der Waals surface area contributed by atoms with E-state index in [1.807, 2.05) is 59.4 Å². The first-order valence-electron chi connectivity index (χ1n) is 10.2. The van der Waals surface area contributed by atoms with E-state index in [4.69, 9.17) is 27.0 Å². The normalized spacial score (nSPS) is 13.0. The third kappa shape index (κ3) is 5.01. The Hall–Kier alpha value is -3.87. The number of aromatic nitrogens is 1. The van der Waals surface area contributed by atoms with Gasteiger partial charge < -0.3 is 20.8 Å². The van der Waals surface area contributed by atoms with Gasteiger partial charge in [-0.25, -0.2) is 4.79 Å². The summed E-state index contributed by atoms with van der Waals surface area (Å²) in [6.45, 7) is 0.550. The molecule has 0 saturated heterocycles. The second-order valence-electron chi connectivity index (χ2n) is 7.88. The second kappa shape index (κ2) is 8.47. The number of amidine groups is 2. The standard InChI is InChI=1S/C24H25N5O2/c25-22(26)17-6-4-15(5-7-17)10-19-13-29(14-21(19)24(30)31-20-8-9-20)12-16-2-1-3-18(11-16)23(27)28/h1-7,11,13-14,20H,8-10,12H2,(H3,25,26)(H3,27,28). The molecule has 1 aliphatic carbocycles. The van der Waals surface area contributed by atoms with E-state index in [0.29, 0.717) is 29.7 Å². The Kier molecular flexibility index (Phi) is 5.58. The number of hydrogen-bond donors (Lipinski definition) is 4. The van der Waals surface area contributed by atoms with Crippen LogP contribution in [0.5, 0.6) is 0 Å². The van der Waals surface area contributed by atoms with E-state index in [9.17, 15) is 4.79 Å². The Balaban J connectivity index is 1.60. The zero-order chi connectivity index (χ0) is 22.0. The summed E-state index contributed by atoms with van der Waals surface area (Å²) < 4.78 is 7.51. The predicted octanol–water partition coefficient (Wildman–Crippen LogP) is 3.01. The minimum absolute atomic E-state index is 0.0257. The SMILES string of the molecule is N=C(N)c1ccc(Cc2cn(Cc3cccc(C(=N)N)c3)cc2C(=O)OC2CC2)cc1. The molecular weight excluding hydrogens is 390 g/mol. The van der Waals surface area contributed by atoms with E-state index in [-0.39, 0.29) is 23.7 Å². The van der Waals surface area contributed by atoms with Gasteiger partial charge in [0.15, 0.2) is 0 Å². The van der Waals surface area contributed by atoms with Crippen molar-refractivity contribution in [1.82, 2.24) is 4.57 Å². The quantitative estimate of drug-likeness (QED) is 0.256. The number of carbonyl (C=O) groups is 1. The molecular formula is C24H25N5O2. The highest BCUT2D eigenvalue weighted by molar-refractivity contribution is 5.95. The molecule has 2 aromatic carbocycles. The monoisotopic (exact) mass is 415 g/mol. The highest BCUT2D eigenvalue weighted by atomic mass is 16.5. The number of esters is 1. The Labute approximate surface area is 180 Å². The average Bonchev–Trinajstić information content (AvgIpc) is 3.47. The number of nitrogens with one attached hydrogen (secondary N) is 2. The number of nitrogens with zero attached hydrogens (tertiary/aromatic N) is 1. The highest BCUT2D eigenvalue weighted by Crippen LogP contribution is 2.26. The second-order valence-corrected chi connectivity index (χ2v) is 7.88. The van der Waals surface area contributed by atoms with Crippen molar-refractivity contribution in [2.24, 2.45) is 11.5 Å². The van der Waals surface area contributed by atoms with Crippen molar-refractivity contribution in [3.05, 3.63) is 94.3 Å². The summed E-state index contributed by atoms with van der Waals surface area (Å²) in [5, 5.41) is 15.2. The first-order chi connectivity index (χ1) is 14.9. The largest absolute Gasteiger partial charge is 0.459 e. The third-order valence-electron chi connectivity index (χ3n) is 5.24. The van der Waals surface area contributed by atoms with Gasteiger partial charge in [0.1, 0.15) is 17.8 Å². The van der Waals surface area contributed by atoms with Crippen molar-refractivity contribution in [1.29, 1.82) is 10.8 Å². The minimum atomic E-state index is -0.297. The van der Waals surface area contributed by atoms with E-state index < -0.39 is 0 Å². The molecule has 1 fully saturated rings. The summed E-state index contributed by atoms with van der Waals surface area (Å²) in [5.41, 5.74) is 15.9. The first-order valence-corrected chi connectivity index (χ1v) is 10.2. The molecule has 0 unspecified atom stereocenters.